The molecule has 424 valence electrons. The minimum Gasteiger partial charge on any atom is -0.550 e. The molecule has 0 aliphatic heterocycles. The zero-order valence-corrected chi connectivity index (χ0v) is 48.8. The van der Waals surface area contributed by atoms with E-state index in [0.717, 1.165) is 45.0 Å². The van der Waals surface area contributed by atoms with Gasteiger partial charge in [-0.2, -0.15) is 18.3 Å². The Hall–Kier alpha value is -7.18. The summed E-state index contributed by atoms with van der Waals surface area (Å²) in [7, 11) is 0. The van der Waals surface area contributed by atoms with Crippen molar-refractivity contribution in [3.05, 3.63) is 135 Å². The maximum atomic E-state index is 9.39. The summed E-state index contributed by atoms with van der Waals surface area (Å²) in [6.07, 6.45) is 8.96. The fourth-order valence-corrected chi connectivity index (χ4v) is 11.1. The zero-order valence-electron chi connectivity index (χ0n) is 45.6. The highest BCUT2D eigenvalue weighted by molar-refractivity contribution is 7.10. The van der Waals surface area contributed by atoms with Crippen molar-refractivity contribution in [1.29, 1.82) is 0 Å². The van der Waals surface area contributed by atoms with E-state index in [0.29, 0.717) is 98.4 Å². The van der Waals surface area contributed by atoms with E-state index in [1.165, 1.54) is 19.5 Å². The van der Waals surface area contributed by atoms with Gasteiger partial charge in [-0.1, -0.05) is 45.3 Å². The molecule has 0 fully saturated rings. The van der Waals surface area contributed by atoms with Crippen molar-refractivity contribution in [2.75, 3.05) is 49.4 Å². The monoisotopic (exact) mass is 1160 g/mol. The molecule has 8 aromatic heterocycles. The van der Waals surface area contributed by atoms with E-state index >= 15 is 0 Å². The Kier molecular flexibility index (Phi) is 26.1. The van der Waals surface area contributed by atoms with E-state index in [9.17, 15) is 14.7 Å². The van der Waals surface area contributed by atoms with Crippen LogP contribution in [0.25, 0.3) is 0 Å². The average molecular weight is 1160 g/mol. The second kappa shape index (κ2) is 32.0. The van der Waals surface area contributed by atoms with Crippen molar-refractivity contribution in [2.45, 2.75) is 114 Å². The molecule has 0 aliphatic carbocycles. The van der Waals surface area contributed by atoms with E-state index in [1.807, 2.05) is 77.4 Å². The molecular formula is C51H71N16O8S4+3. The molecule has 0 radical (unpaired) electrons. The van der Waals surface area contributed by atoms with Gasteiger partial charge in [-0.3, -0.25) is 4.79 Å². The van der Waals surface area contributed by atoms with Gasteiger partial charge in [0.15, 0.2) is 49.0 Å². The van der Waals surface area contributed by atoms with Crippen LogP contribution in [0.4, 0.5) is 23.3 Å². The van der Waals surface area contributed by atoms with Crippen LogP contribution < -0.4 is 46.3 Å². The van der Waals surface area contributed by atoms with E-state index in [2.05, 4.69) is 58.1 Å². The number of aromatic nitrogens is 12. The first kappa shape index (κ1) is 64.3. The highest BCUT2D eigenvalue weighted by atomic mass is 32.1. The molecule has 24 nitrogen and oxygen atoms in total. The maximum Gasteiger partial charge on any atom is 0.309 e. The first-order chi connectivity index (χ1) is 37.6. The number of carboxylic acids is 2. The lowest BCUT2D eigenvalue weighted by Crippen LogP contribution is -2.35. The second-order valence-electron chi connectivity index (χ2n) is 17.6. The zero-order chi connectivity index (χ0) is 58.3. The number of nitrogens with zero attached hydrogens (tertiary/aromatic N) is 12. The van der Waals surface area contributed by atoms with Gasteiger partial charge in [-0.15, -0.1) is 0 Å². The molecule has 8 heterocycles. The summed E-state index contributed by atoms with van der Waals surface area (Å²) >= 11 is 6.60. The maximum absolute atomic E-state index is 9.39. The minimum atomic E-state index is -1.56. The number of carbonyl (C=O) groups is 2. The molecule has 8 rings (SSSR count). The fraction of sp³-hybridized carbons (Fsp3) is 0.412. The van der Waals surface area contributed by atoms with Crippen molar-refractivity contribution >= 4 is 80.6 Å². The number of aliphatic hydroxyl groups is 4. The number of hydrogen-bond donors (Lipinski definition) is 9. The molecule has 0 atom stereocenters. The summed E-state index contributed by atoms with van der Waals surface area (Å²) in [5.74, 6) is 1.93. The molecule has 0 saturated heterocycles. The molecule has 0 spiro atoms. The van der Waals surface area contributed by atoms with E-state index in [1.54, 1.807) is 70.1 Å². The normalized spacial score (nSPS) is 10.6. The van der Waals surface area contributed by atoms with Crippen LogP contribution in [0.3, 0.4) is 0 Å². The second-order valence-corrected chi connectivity index (χ2v) is 21.3. The number of anilines is 4. The van der Waals surface area contributed by atoms with Crippen LogP contribution in [0.15, 0.2) is 46.8 Å². The molecule has 13 N–H and O–H groups in total. The molecule has 0 amide bonds. The van der Waals surface area contributed by atoms with E-state index in [4.69, 9.17) is 48.5 Å². The van der Waals surface area contributed by atoms with Gasteiger partial charge < -0.3 is 58.4 Å². The van der Waals surface area contributed by atoms with Crippen LogP contribution in [0.5, 0.6) is 0 Å². The molecular weight excluding hydrogens is 1090 g/mol. The van der Waals surface area contributed by atoms with Gasteiger partial charge in [0, 0.05) is 105 Å². The third-order valence-corrected chi connectivity index (χ3v) is 16.3. The fourth-order valence-electron chi connectivity index (χ4n) is 7.19. The molecule has 0 bridgehead atoms. The molecule has 0 unspecified atom stereocenters. The number of rotatable bonds is 18. The van der Waals surface area contributed by atoms with Gasteiger partial charge >= 0.3 is 5.97 Å². The quantitative estimate of drug-likeness (QED) is 0.0420. The molecule has 0 aliphatic rings. The van der Waals surface area contributed by atoms with Crippen LogP contribution in [0.1, 0.15) is 94.3 Å². The molecule has 0 saturated carbocycles. The minimum absolute atomic E-state index is 0.178. The lowest BCUT2D eigenvalue weighted by Gasteiger charge is -2.01. The van der Waals surface area contributed by atoms with Crippen LogP contribution in [-0.4, -0.2) is 104 Å². The Morgan fingerprint density at radius 1 is 0.443 bits per heavy atom. The SMILES string of the molecule is Cc1ncc(C[n+]2csc(CCO)c2C)c(N)n1.Cc1ncc(C[n+]2csc(CCO)c2C)c(N)n1.Cc1ncc(C[n+]2csc(CCO)c2C)c(N)n1.Cc1ncc(C[n+]2csc(CCO)c2C)c(N)n1.O=C([O-])CC(=O)O. The number of thiazole rings is 4. The molecule has 8 aromatic rings. The Morgan fingerprint density at radius 2 is 0.658 bits per heavy atom. The van der Waals surface area contributed by atoms with Crippen LogP contribution in [0.2, 0.25) is 0 Å². The number of nitrogen functional groups attached to an aromatic ring is 4. The highest BCUT2D eigenvalue weighted by Crippen LogP contribution is 2.18. The largest absolute Gasteiger partial charge is 0.550 e. The number of carboxylic acid groups (broad SMARTS) is 2. The number of aliphatic carboxylic acids is 2. The lowest BCUT2D eigenvalue weighted by molar-refractivity contribution is -0.689. The first-order valence-corrected chi connectivity index (χ1v) is 28.1. The summed E-state index contributed by atoms with van der Waals surface area (Å²) in [6.45, 7) is 18.9. The topological polar surface area (TPSA) is 381 Å². The number of nitrogens with two attached hydrogens (primary N) is 4. The summed E-state index contributed by atoms with van der Waals surface area (Å²) in [5, 5.41) is 52.9. The number of aryl methyl sites for hydroxylation is 4. The number of carbonyl (C=O) groups excluding carboxylic acids is 1. The predicted molar refractivity (Wildman–Crippen MR) is 299 cm³/mol. The van der Waals surface area contributed by atoms with Crippen LogP contribution in [0, 0.1) is 55.4 Å². The Balaban J connectivity index is 0.000000218. The highest BCUT2D eigenvalue weighted by Gasteiger charge is 2.21. The van der Waals surface area contributed by atoms with Gasteiger partial charge in [0.2, 0.25) is 22.0 Å². The smallest absolute Gasteiger partial charge is 0.309 e. The van der Waals surface area contributed by atoms with Gasteiger partial charge in [0.1, 0.15) is 46.6 Å². The van der Waals surface area contributed by atoms with Gasteiger partial charge in [-0.25, -0.2) is 39.9 Å². The van der Waals surface area contributed by atoms with Crippen LogP contribution in [-0.2, 0) is 61.5 Å². The Morgan fingerprint density at radius 3 is 0.810 bits per heavy atom. The summed E-state index contributed by atoms with van der Waals surface area (Å²) in [4.78, 5) is 56.8. The van der Waals surface area contributed by atoms with Crippen molar-refractivity contribution in [3.63, 3.8) is 0 Å². The molecule has 79 heavy (non-hydrogen) atoms. The van der Waals surface area contributed by atoms with Crippen molar-refractivity contribution in [2.24, 2.45) is 0 Å². The third kappa shape index (κ3) is 20.2. The Labute approximate surface area is 474 Å². The third-order valence-electron chi connectivity index (χ3n) is 11.7. The molecule has 0 aromatic carbocycles. The van der Waals surface area contributed by atoms with Crippen LogP contribution >= 0.6 is 45.3 Å². The standard InChI is InChI=1S/4C12H17N4OS.C3H4O4/c4*1-8-11(3-4-17)18-7-16(8)6-10-5-14-9(2)15-12(10)13;4-2(5)1-3(6)7/h4*5,7,17H,3-4,6H2,1-2H3,(H2,13,14,15);1H2,(H,4,5)(H,6,7)/q4*+1;/p-1. The van der Waals surface area contributed by atoms with Crippen molar-refractivity contribution in [3.8, 4) is 0 Å². The van der Waals surface area contributed by atoms with Crippen molar-refractivity contribution in [1.82, 2.24) is 39.9 Å². The first-order valence-electron chi connectivity index (χ1n) is 24.6. The summed E-state index contributed by atoms with van der Waals surface area (Å²) in [5.41, 5.74) is 40.0. The number of aliphatic hydroxyl groups excluding tert-OH is 4. The summed E-state index contributed by atoms with van der Waals surface area (Å²) in [6, 6.07) is 0. The number of hydrogen-bond acceptors (Lipinski definition) is 23. The van der Waals surface area contributed by atoms with Crippen molar-refractivity contribution < 1.29 is 58.5 Å². The average Bonchev–Trinajstić information content (AvgIpc) is 4.14. The van der Waals surface area contributed by atoms with Gasteiger partial charge in [0.25, 0.3) is 0 Å². The predicted octanol–water partition coefficient (Wildman–Crippen LogP) is 0.642. The molecule has 28 heteroatoms. The van der Waals surface area contributed by atoms with Gasteiger partial charge in [-0.05, 0) is 27.7 Å². The van der Waals surface area contributed by atoms with E-state index in [-0.39, 0.29) is 26.4 Å². The van der Waals surface area contributed by atoms with Gasteiger partial charge in [0.05, 0.1) is 54.2 Å². The summed E-state index contributed by atoms with van der Waals surface area (Å²) < 4.78 is 8.44. The Bertz CT molecular complexity index is 2840. The lowest BCUT2D eigenvalue weighted by atomic mass is 10.2. The van der Waals surface area contributed by atoms with E-state index < -0.39 is 18.4 Å².